The third kappa shape index (κ3) is 3.92. The standard InChI is InChI=1S/C16H19Cl2NO2/c1-10(2)21-16-11(5-4-6-15(16)20-3)7-12-13(17)8-19-9-14(12)18/h6,8-10H,4-5,7H2,1-3H3. The fourth-order valence-electron chi connectivity index (χ4n) is 2.30. The molecule has 5 heteroatoms. The van der Waals surface area contributed by atoms with Gasteiger partial charge in [-0.1, -0.05) is 23.2 Å². The second-order valence-electron chi connectivity index (χ2n) is 5.17. The minimum atomic E-state index is 0.0787. The molecule has 0 fully saturated rings. The van der Waals surface area contributed by atoms with Crippen molar-refractivity contribution >= 4 is 23.2 Å². The van der Waals surface area contributed by atoms with Crippen LogP contribution in [0.15, 0.2) is 35.6 Å². The quantitative estimate of drug-likeness (QED) is 0.768. The van der Waals surface area contributed by atoms with E-state index in [2.05, 4.69) is 11.1 Å². The summed E-state index contributed by atoms with van der Waals surface area (Å²) in [4.78, 5) is 3.99. The first-order valence-corrected chi connectivity index (χ1v) is 7.69. The molecule has 1 heterocycles. The van der Waals surface area contributed by atoms with Crippen LogP contribution in [0.5, 0.6) is 0 Å². The molecule has 0 bridgehead atoms. The van der Waals surface area contributed by atoms with E-state index >= 15 is 0 Å². The van der Waals surface area contributed by atoms with Gasteiger partial charge in [0.15, 0.2) is 11.5 Å². The van der Waals surface area contributed by atoms with Crippen LogP contribution < -0.4 is 0 Å². The van der Waals surface area contributed by atoms with Crippen molar-refractivity contribution in [2.75, 3.05) is 7.11 Å². The molecule has 1 aliphatic carbocycles. The predicted octanol–water partition coefficient (Wildman–Crippen LogP) is 4.93. The van der Waals surface area contributed by atoms with E-state index in [1.54, 1.807) is 19.5 Å². The van der Waals surface area contributed by atoms with Crippen LogP contribution in [0.1, 0.15) is 32.3 Å². The smallest absolute Gasteiger partial charge is 0.160 e. The SMILES string of the molecule is COC1=CCCC(Cc2c(Cl)cncc2Cl)=C1OC(C)C. The van der Waals surface area contributed by atoms with Crippen LogP contribution in [0.2, 0.25) is 10.0 Å². The molecule has 0 saturated carbocycles. The fourth-order valence-corrected chi connectivity index (χ4v) is 2.80. The molecule has 0 spiro atoms. The molecule has 0 N–H and O–H groups in total. The monoisotopic (exact) mass is 327 g/mol. The Balaban J connectivity index is 2.38. The van der Waals surface area contributed by atoms with E-state index in [1.165, 1.54) is 0 Å². The Morgan fingerprint density at radius 1 is 1.24 bits per heavy atom. The molecule has 0 radical (unpaired) electrons. The second-order valence-corrected chi connectivity index (χ2v) is 5.98. The van der Waals surface area contributed by atoms with Crippen molar-refractivity contribution in [3.8, 4) is 0 Å². The highest BCUT2D eigenvalue weighted by Gasteiger charge is 2.21. The summed E-state index contributed by atoms with van der Waals surface area (Å²) >= 11 is 12.4. The third-order valence-electron chi connectivity index (χ3n) is 3.24. The molecule has 0 saturated heterocycles. The molecule has 0 amide bonds. The molecule has 1 aliphatic rings. The number of halogens is 2. The van der Waals surface area contributed by atoms with Crippen molar-refractivity contribution in [3.05, 3.63) is 51.2 Å². The largest absolute Gasteiger partial charge is 0.493 e. The summed E-state index contributed by atoms with van der Waals surface area (Å²) in [5, 5.41) is 1.15. The van der Waals surface area contributed by atoms with Gasteiger partial charge in [-0.15, -0.1) is 0 Å². The van der Waals surface area contributed by atoms with Gasteiger partial charge in [-0.2, -0.15) is 0 Å². The van der Waals surface area contributed by atoms with E-state index in [1.807, 2.05) is 13.8 Å². The number of nitrogens with zero attached hydrogens (tertiary/aromatic N) is 1. The number of pyridine rings is 1. The van der Waals surface area contributed by atoms with Crippen molar-refractivity contribution < 1.29 is 9.47 Å². The van der Waals surface area contributed by atoms with Crippen LogP contribution in [-0.2, 0) is 15.9 Å². The molecule has 21 heavy (non-hydrogen) atoms. The summed E-state index contributed by atoms with van der Waals surface area (Å²) < 4.78 is 11.4. The zero-order valence-corrected chi connectivity index (χ0v) is 14.0. The number of rotatable bonds is 5. The zero-order valence-electron chi connectivity index (χ0n) is 12.5. The lowest BCUT2D eigenvalue weighted by Gasteiger charge is -2.23. The molecule has 1 aromatic rings. The number of methoxy groups -OCH3 is 1. The average Bonchev–Trinajstić information content (AvgIpc) is 2.44. The minimum absolute atomic E-state index is 0.0787. The highest BCUT2D eigenvalue weighted by Crippen LogP contribution is 2.33. The lowest BCUT2D eigenvalue weighted by atomic mass is 9.95. The van der Waals surface area contributed by atoms with Gasteiger partial charge in [-0.25, -0.2) is 0 Å². The van der Waals surface area contributed by atoms with Gasteiger partial charge in [-0.05, 0) is 43.9 Å². The van der Waals surface area contributed by atoms with Gasteiger partial charge >= 0.3 is 0 Å². The van der Waals surface area contributed by atoms with E-state index in [0.717, 1.165) is 35.5 Å². The number of hydrogen-bond donors (Lipinski definition) is 0. The average molecular weight is 328 g/mol. The summed E-state index contributed by atoms with van der Waals surface area (Å²) in [6.45, 7) is 4.00. The van der Waals surface area contributed by atoms with Crippen molar-refractivity contribution in [2.24, 2.45) is 0 Å². The Kier molecular flexibility index (Phi) is 5.54. The molecule has 1 aromatic heterocycles. The van der Waals surface area contributed by atoms with Crippen LogP contribution in [0.25, 0.3) is 0 Å². The van der Waals surface area contributed by atoms with Crippen molar-refractivity contribution in [2.45, 2.75) is 39.2 Å². The molecular weight excluding hydrogens is 309 g/mol. The molecular formula is C16H19Cl2NO2. The van der Waals surface area contributed by atoms with E-state index in [-0.39, 0.29) is 6.10 Å². The maximum atomic E-state index is 6.22. The zero-order chi connectivity index (χ0) is 15.4. The third-order valence-corrected chi connectivity index (χ3v) is 3.89. The number of ether oxygens (including phenoxy) is 2. The van der Waals surface area contributed by atoms with Crippen LogP contribution >= 0.6 is 23.2 Å². The Bertz CT molecular complexity index is 559. The predicted molar refractivity (Wildman–Crippen MR) is 85.5 cm³/mol. The van der Waals surface area contributed by atoms with Gasteiger partial charge in [-0.3, -0.25) is 4.98 Å². The molecule has 114 valence electrons. The maximum Gasteiger partial charge on any atom is 0.160 e. The maximum absolute atomic E-state index is 6.22. The van der Waals surface area contributed by atoms with Gasteiger partial charge < -0.3 is 9.47 Å². The minimum Gasteiger partial charge on any atom is -0.493 e. The van der Waals surface area contributed by atoms with Crippen molar-refractivity contribution in [1.29, 1.82) is 0 Å². The summed E-state index contributed by atoms with van der Waals surface area (Å²) in [6, 6.07) is 0. The molecule has 0 aliphatic heterocycles. The molecule has 2 rings (SSSR count). The summed E-state index contributed by atoms with van der Waals surface area (Å²) in [7, 11) is 1.66. The van der Waals surface area contributed by atoms with Crippen molar-refractivity contribution in [1.82, 2.24) is 4.98 Å². The first-order valence-electron chi connectivity index (χ1n) is 6.94. The lowest BCUT2D eigenvalue weighted by Crippen LogP contribution is -2.13. The first kappa shape index (κ1) is 16.2. The Labute approximate surface area is 135 Å². The Morgan fingerprint density at radius 3 is 2.48 bits per heavy atom. The van der Waals surface area contributed by atoms with Crippen molar-refractivity contribution in [3.63, 3.8) is 0 Å². The molecule has 0 unspecified atom stereocenters. The second kappa shape index (κ2) is 7.19. The highest BCUT2D eigenvalue weighted by molar-refractivity contribution is 6.35. The Morgan fingerprint density at radius 2 is 1.90 bits per heavy atom. The lowest BCUT2D eigenvalue weighted by molar-refractivity contribution is 0.121. The van der Waals surface area contributed by atoms with Gasteiger partial charge in [0.2, 0.25) is 0 Å². The van der Waals surface area contributed by atoms with Crippen LogP contribution in [0.3, 0.4) is 0 Å². The number of hydrogen-bond acceptors (Lipinski definition) is 3. The van der Waals surface area contributed by atoms with Crippen LogP contribution in [0.4, 0.5) is 0 Å². The molecule has 3 nitrogen and oxygen atoms in total. The topological polar surface area (TPSA) is 31.4 Å². The van der Waals surface area contributed by atoms with Gasteiger partial charge in [0.05, 0.1) is 23.3 Å². The van der Waals surface area contributed by atoms with Crippen LogP contribution in [0, 0.1) is 0 Å². The van der Waals surface area contributed by atoms with Gasteiger partial charge in [0, 0.05) is 18.8 Å². The van der Waals surface area contributed by atoms with Gasteiger partial charge in [0.25, 0.3) is 0 Å². The normalized spacial score (nSPS) is 15.2. The van der Waals surface area contributed by atoms with E-state index in [9.17, 15) is 0 Å². The Hall–Kier alpha value is -1.19. The van der Waals surface area contributed by atoms with Crippen LogP contribution in [-0.4, -0.2) is 18.2 Å². The molecule has 0 aromatic carbocycles. The molecule has 0 atom stereocenters. The number of aromatic nitrogens is 1. The van der Waals surface area contributed by atoms with E-state index in [0.29, 0.717) is 16.5 Å². The first-order chi connectivity index (χ1) is 10.0. The summed E-state index contributed by atoms with van der Waals surface area (Å²) in [5.41, 5.74) is 2.03. The highest BCUT2D eigenvalue weighted by atomic mass is 35.5. The van der Waals surface area contributed by atoms with E-state index < -0.39 is 0 Å². The van der Waals surface area contributed by atoms with E-state index in [4.69, 9.17) is 32.7 Å². The van der Waals surface area contributed by atoms with Gasteiger partial charge in [0.1, 0.15) is 0 Å². The fraction of sp³-hybridized carbons (Fsp3) is 0.438. The number of allylic oxidation sites excluding steroid dienone is 2. The summed E-state index contributed by atoms with van der Waals surface area (Å²) in [6.07, 6.45) is 7.83. The summed E-state index contributed by atoms with van der Waals surface area (Å²) in [5.74, 6) is 1.59.